The zero-order chi connectivity index (χ0) is 15.7. The van der Waals surface area contributed by atoms with Crippen LogP contribution in [0.1, 0.15) is 28.7 Å². The van der Waals surface area contributed by atoms with Crippen LogP contribution in [0.15, 0.2) is 12.3 Å². The first-order valence-corrected chi connectivity index (χ1v) is 6.35. The van der Waals surface area contributed by atoms with Gasteiger partial charge in [-0.2, -0.15) is 5.10 Å². The number of amides is 1. The van der Waals surface area contributed by atoms with Crippen molar-refractivity contribution in [1.82, 2.24) is 19.9 Å². The molecule has 0 fully saturated rings. The lowest BCUT2D eigenvalue weighted by Gasteiger charge is -2.16. The number of hydrogen-bond donors (Lipinski definition) is 3. The van der Waals surface area contributed by atoms with Crippen LogP contribution in [0.25, 0.3) is 5.65 Å². The molecule has 2 heterocycles. The monoisotopic (exact) mass is 292 g/mol. The number of rotatable bonds is 4. The Morgan fingerprint density at radius 1 is 1.38 bits per heavy atom. The molecule has 1 amide bonds. The van der Waals surface area contributed by atoms with Crippen LogP contribution in [0.2, 0.25) is 0 Å². The normalized spacial score (nSPS) is 13.9. The summed E-state index contributed by atoms with van der Waals surface area (Å²) in [4.78, 5) is 27.4. The van der Waals surface area contributed by atoms with Gasteiger partial charge in [0, 0.05) is 11.4 Å². The standard InChI is InChI=1S/C13H16N4O4/c1-6-4-7(2)17-11(15-6)9(5-14-17)12(19)16-10(8(3)18)13(20)21/h4-5,8,10,18H,1-3H3,(H,16,19)(H,20,21)/t8-,10+/m1/s1. The van der Waals surface area contributed by atoms with Gasteiger partial charge in [0.2, 0.25) is 0 Å². The van der Waals surface area contributed by atoms with Crippen LogP contribution in [0.5, 0.6) is 0 Å². The Bertz CT molecular complexity index is 708. The third-order valence-electron chi connectivity index (χ3n) is 3.06. The number of carbonyl (C=O) groups excluding carboxylic acids is 1. The van der Waals surface area contributed by atoms with E-state index >= 15 is 0 Å². The number of nitrogens with zero attached hydrogens (tertiary/aromatic N) is 3. The van der Waals surface area contributed by atoms with Crippen LogP contribution in [-0.4, -0.2) is 48.8 Å². The predicted molar refractivity (Wildman–Crippen MR) is 73.0 cm³/mol. The number of hydrogen-bond acceptors (Lipinski definition) is 5. The molecule has 2 aromatic heterocycles. The van der Waals surface area contributed by atoms with Gasteiger partial charge in [-0.05, 0) is 26.8 Å². The molecular formula is C13H16N4O4. The number of aromatic nitrogens is 3. The van der Waals surface area contributed by atoms with Crippen LogP contribution in [0.3, 0.4) is 0 Å². The van der Waals surface area contributed by atoms with E-state index in [1.165, 1.54) is 17.6 Å². The Kier molecular flexibility index (Phi) is 3.90. The molecular weight excluding hydrogens is 276 g/mol. The lowest BCUT2D eigenvalue weighted by atomic mass is 10.1. The van der Waals surface area contributed by atoms with Gasteiger partial charge in [0.15, 0.2) is 11.7 Å². The first-order chi connectivity index (χ1) is 9.81. The van der Waals surface area contributed by atoms with Crippen molar-refractivity contribution in [1.29, 1.82) is 0 Å². The maximum absolute atomic E-state index is 12.2. The van der Waals surface area contributed by atoms with Crippen LogP contribution in [0, 0.1) is 13.8 Å². The zero-order valence-electron chi connectivity index (χ0n) is 11.9. The summed E-state index contributed by atoms with van der Waals surface area (Å²) in [5, 5.41) is 24.7. The van der Waals surface area contributed by atoms with Gasteiger partial charge in [-0.1, -0.05) is 0 Å². The molecule has 21 heavy (non-hydrogen) atoms. The quantitative estimate of drug-likeness (QED) is 0.725. The highest BCUT2D eigenvalue weighted by Crippen LogP contribution is 2.12. The topological polar surface area (TPSA) is 117 Å². The fourth-order valence-corrected chi connectivity index (χ4v) is 2.04. The van der Waals surface area contributed by atoms with E-state index in [9.17, 15) is 14.7 Å². The lowest BCUT2D eigenvalue weighted by Crippen LogP contribution is -2.47. The molecule has 0 spiro atoms. The molecule has 0 aliphatic rings. The van der Waals surface area contributed by atoms with Gasteiger partial charge in [0.1, 0.15) is 5.56 Å². The van der Waals surface area contributed by atoms with Gasteiger partial charge in [-0.3, -0.25) is 4.79 Å². The first-order valence-electron chi connectivity index (χ1n) is 6.35. The maximum Gasteiger partial charge on any atom is 0.328 e. The molecule has 2 atom stereocenters. The molecule has 0 radical (unpaired) electrons. The van der Waals surface area contributed by atoms with Crippen LogP contribution >= 0.6 is 0 Å². The van der Waals surface area contributed by atoms with Gasteiger partial charge < -0.3 is 15.5 Å². The van der Waals surface area contributed by atoms with E-state index in [2.05, 4.69) is 15.4 Å². The molecule has 0 aromatic carbocycles. The Morgan fingerprint density at radius 3 is 2.62 bits per heavy atom. The maximum atomic E-state index is 12.2. The number of carboxylic acids is 1. The van der Waals surface area contributed by atoms with E-state index in [4.69, 9.17) is 5.11 Å². The van der Waals surface area contributed by atoms with E-state index in [1.54, 1.807) is 6.92 Å². The molecule has 112 valence electrons. The molecule has 0 bridgehead atoms. The fourth-order valence-electron chi connectivity index (χ4n) is 2.04. The SMILES string of the molecule is Cc1cc(C)n2ncc(C(=O)N[C@H](C(=O)O)[C@@H](C)O)c2n1. The fraction of sp³-hybridized carbons (Fsp3) is 0.385. The van der Waals surface area contributed by atoms with Crippen molar-refractivity contribution in [2.24, 2.45) is 0 Å². The summed E-state index contributed by atoms with van der Waals surface area (Å²) in [5.74, 6) is -1.95. The number of aliphatic hydroxyl groups is 1. The van der Waals surface area contributed by atoms with Crippen molar-refractivity contribution in [2.75, 3.05) is 0 Å². The summed E-state index contributed by atoms with van der Waals surface area (Å²) in [6.45, 7) is 4.91. The number of fused-ring (bicyclic) bond motifs is 1. The first kappa shape index (κ1) is 14.9. The third-order valence-corrected chi connectivity index (χ3v) is 3.06. The van der Waals surface area contributed by atoms with Gasteiger partial charge in [-0.15, -0.1) is 0 Å². The second-order valence-electron chi connectivity index (χ2n) is 4.86. The van der Waals surface area contributed by atoms with E-state index < -0.39 is 24.0 Å². The predicted octanol–water partition coefficient (Wildman–Crippen LogP) is -0.0901. The number of aryl methyl sites for hydroxylation is 2. The molecule has 3 N–H and O–H groups in total. The molecule has 8 nitrogen and oxygen atoms in total. The number of nitrogens with one attached hydrogen (secondary N) is 1. The van der Waals surface area contributed by atoms with Gasteiger partial charge in [-0.25, -0.2) is 14.3 Å². The van der Waals surface area contributed by atoms with E-state index in [0.717, 1.165) is 11.4 Å². The van der Waals surface area contributed by atoms with Gasteiger partial charge in [0.05, 0.1) is 12.3 Å². The summed E-state index contributed by atoms with van der Waals surface area (Å²) in [6.07, 6.45) is 0.107. The Hall–Kier alpha value is -2.48. The third kappa shape index (κ3) is 2.84. The van der Waals surface area contributed by atoms with Crippen molar-refractivity contribution in [3.05, 3.63) is 29.2 Å². The minimum atomic E-state index is -1.39. The second kappa shape index (κ2) is 5.49. The zero-order valence-corrected chi connectivity index (χ0v) is 11.9. The Morgan fingerprint density at radius 2 is 2.05 bits per heavy atom. The second-order valence-corrected chi connectivity index (χ2v) is 4.86. The molecule has 2 aromatic rings. The molecule has 0 saturated carbocycles. The minimum Gasteiger partial charge on any atom is -0.480 e. The number of aliphatic hydroxyl groups excluding tert-OH is 1. The largest absolute Gasteiger partial charge is 0.480 e. The molecule has 0 unspecified atom stereocenters. The van der Waals surface area contributed by atoms with Gasteiger partial charge in [0.25, 0.3) is 5.91 Å². The van der Waals surface area contributed by atoms with Crippen molar-refractivity contribution in [3.63, 3.8) is 0 Å². The highest BCUT2D eigenvalue weighted by molar-refractivity contribution is 6.01. The Balaban J connectivity index is 2.38. The van der Waals surface area contributed by atoms with Crippen molar-refractivity contribution in [2.45, 2.75) is 32.9 Å². The van der Waals surface area contributed by atoms with E-state index in [0.29, 0.717) is 5.65 Å². The summed E-state index contributed by atoms with van der Waals surface area (Å²) >= 11 is 0. The highest BCUT2D eigenvalue weighted by atomic mass is 16.4. The van der Waals surface area contributed by atoms with E-state index in [1.807, 2.05) is 13.0 Å². The van der Waals surface area contributed by atoms with E-state index in [-0.39, 0.29) is 5.56 Å². The Labute approximate surface area is 120 Å². The number of carbonyl (C=O) groups is 2. The molecule has 0 aliphatic heterocycles. The average molecular weight is 292 g/mol. The van der Waals surface area contributed by atoms with Crippen molar-refractivity contribution in [3.8, 4) is 0 Å². The summed E-state index contributed by atoms with van der Waals surface area (Å²) in [5.41, 5.74) is 2.04. The average Bonchev–Trinajstić information content (AvgIpc) is 2.78. The van der Waals surface area contributed by atoms with Crippen molar-refractivity contribution >= 4 is 17.5 Å². The molecule has 8 heteroatoms. The molecule has 0 saturated heterocycles. The smallest absolute Gasteiger partial charge is 0.328 e. The summed E-state index contributed by atoms with van der Waals surface area (Å²) < 4.78 is 1.50. The van der Waals surface area contributed by atoms with Crippen LogP contribution < -0.4 is 5.32 Å². The highest BCUT2D eigenvalue weighted by Gasteiger charge is 2.27. The van der Waals surface area contributed by atoms with Gasteiger partial charge >= 0.3 is 5.97 Å². The van der Waals surface area contributed by atoms with Crippen LogP contribution in [0.4, 0.5) is 0 Å². The lowest BCUT2D eigenvalue weighted by molar-refractivity contribution is -0.141. The van der Waals surface area contributed by atoms with Crippen molar-refractivity contribution < 1.29 is 19.8 Å². The molecule has 0 aliphatic carbocycles. The number of carboxylic acid groups (broad SMARTS) is 1. The number of aliphatic carboxylic acids is 1. The van der Waals surface area contributed by atoms with Crippen LogP contribution in [-0.2, 0) is 4.79 Å². The summed E-state index contributed by atoms with van der Waals surface area (Å²) in [6, 6.07) is 0.427. The molecule has 2 rings (SSSR count). The minimum absolute atomic E-state index is 0.161. The summed E-state index contributed by atoms with van der Waals surface area (Å²) in [7, 11) is 0.